The highest BCUT2D eigenvalue weighted by molar-refractivity contribution is 5.98. The number of nitrogens with zero attached hydrogens (tertiary/aromatic N) is 6. The highest BCUT2D eigenvalue weighted by Crippen LogP contribution is 2.37. The van der Waals surface area contributed by atoms with E-state index in [2.05, 4.69) is 15.3 Å². The molecule has 1 aliphatic rings. The summed E-state index contributed by atoms with van der Waals surface area (Å²) in [5, 5.41) is 12.5. The summed E-state index contributed by atoms with van der Waals surface area (Å²) in [6.45, 7) is 2.06. The molecule has 0 spiro atoms. The van der Waals surface area contributed by atoms with E-state index in [0.29, 0.717) is 17.8 Å². The van der Waals surface area contributed by atoms with Crippen LogP contribution in [-0.4, -0.2) is 42.1 Å². The largest absolute Gasteiger partial charge is 0.330 e. The van der Waals surface area contributed by atoms with Crippen molar-refractivity contribution in [2.24, 2.45) is 7.05 Å². The van der Waals surface area contributed by atoms with Gasteiger partial charge in [-0.25, -0.2) is 17.6 Å². The molecule has 2 aromatic heterocycles. The third kappa shape index (κ3) is 3.44. The van der Waals surface area contributed by atoms with Crippen LogP contribution in [0.15, 0.2) is 42.7 Å². The number of hydrogen-bond donors (Lipinski definition) is 0. The molecule has 1 aliphatic heterocycles. The first kappa shape index (κ1) is 21.8. The van der Waals surface area contributed by atoms with Gasteiger partial charge in [-0.05, 0) is 37.6 Å². The second-order valence-electron chi connectivity index (χ2n) is 7.99. The molecule has 174 valence electrons. The number of carbonyl (C=O) groups excluding carboxylic acids is 1. The van der Waals surface area contributed by atoms with Gasteiger partial charge in [0.2, 0.25) is 0 Å². The predicted molar refractivity (Wildman–Crippen MR) is 113 cm³/mol. The van der Waals surface area contributed by atoms with Crippen LogP contribution in [0.4, 0.5) is 17.6 Å². The Kier molecular flexibility index (Phi) is 5.18. The Morgan fingerprint density at radius 1 is 1.03 bits per heavy atom. The van der Waals surface area contributed by atoms with Gasteiger partial charge < -0.3 is 4.90 Å². The molecule has 1 amide bonds. The zero-order chi connectivity index (χ0) is 24.1. The number of aromatic nitrogens is 5. The zero-order valence-corrected chi connectivity index (χ0v) is 18.1. The standard InChI is InChI=1S/C23H18F4N6O/c1-12-21-16(22(31(2)30-21)13-9-17(25)20(27)18(26)10-13)5-8-32(12)23(34)15-4-3-14(24)11-19(15)33-28-6-7-29-33/h3-4,6-7,9-12H,5,8H2,1-2H3/t12-/m0/s1. The molecule has 3 heterocycles. The number of carbonyl (C=O) groups is 1. The molecule has 0 saturated carbocycles. The summed E-state index contributed by atoms with van der Waals surface area (Å²) in [5.41, 5.74) is 2.31. The minimum Gasteiger partial charge on any atom is -0.330 e. The second kappa shape index (κ2) is 8.08. The molecular weight excluding hydrogens is 452 g/mol. The van der Waals surface area contributed by atoms with Crippen molar-refractivity contribution in [2.75, 3.05) is 6.54 Å². The zero-order valence-electron chi connectivity index (χ0n) is 18.1. The van der Waals surface area contributed by atoms with Crippen molar-refractivity contribution >= 4 is 5.91 Å². The van der Waals surface area contributed by atoms with Crippen molar-refractivity contribution in [3.05, 3.63) is 82.8 Å². The third-order valence-corrected chi connectivity index (χ3v) is 5.98. The number of benzene rings is 2. The molecule has 11 heteroatoms. The van der Waals surface area contributed by atoms with E-state index in [1.165, 1.54) is 40.1 Å². The van der Waals surface area contributed by atoms with E-state index in [1.807, 2.05) is 0 Å². The minimum atomic E-state index is -1.54. The summed E-state index contributed by atoms with van der Waals surface area (Å²) in [6, 6.07) is 5.13. The fourth-order valence-electron chi connectivity index (χ4n) is 4.42. The van der Waals surface area contributed by atoms with Gasteiger partial charge in [0.25, 0.3) is 5.91 Å². The average Bonchev–Trinajstić information content (AvgIpc) is 3.45. The van der Waals surface area contributed by atoms with E-state index in [-0.39, 0.29) is 29.3 Å². The molecule has 0 fully saturated rings. The number of amides is 1. The molecule has 7 nitrogen and oxygen atoms in total. The molecule has 0 bridgehead atoms. The molecule has 1 atom stereocenters. The van der Waals surface area contributed by atoms with Crippen LogP contribution in [0.2, 0.25) is 0 Å². The van der Waals surface area contributed by atoms with E-state index in [4.69, 9.17) is 0 Å². The molecule has 0 aliphatic carbocycles. The van der Waals surface area contributed by atoms with E-state index in [0.717, 1.165) is 17.7 Å². The average molecular weight is 470 g/mol. The SMILES string of the molecule is C[C@H]1c2nn(C)c(-c3cc(F)c(F)c(F)c3)c2CCN1C(=O)c1ccc(F)cc1-n1nccn1. The molecule has 0 unspecified atom stereocenters. The van der Waals surface area contributed by atoms with Crippen LogP contribution in [0.3, 0.4) is 0 Å². The van der Waals surface area contributed by atoms with Crippen LogP contribution in [0.5, 0.6) is 0 Å². The Bertz CT molecular complexity index is 1390. The molecule has 0 saturated heterocycles. The lowest BCUT2D eigenvalue weighted by molar-refractivity contribution is 0.0673. The normalized spacial score (nSPS) is 15.5. The van der Waals surface area contributed by atoms with E-state index < -0.39 is 29.3 Å². The number of hydrogen-bond acceptors (Lipinski definition) is 4. The van der Waals surface area contributed by atoms with Crippen LogP contribution >= 0.6 is 0 Å². The minimum absolute atomic E-state index is 0.158. The smallest absolute Gasteiger partial charge is 0.256 e. The topological polar surface area (TPSA) is 68.8 Å². The second-order valence-corrected chi connectivity index (χ2v) is 7.99. The summed E-state index contributed by atoms with van der Waals surface area (Å²) in [6.07, 6.45) is 3.20. The summed E-state index contributed by atoms with van der Waals surface area (Å²) >= 11 is 0. The summed E-state index contributed by atoms with van der Waals surface area (Å²) in [7, 11) is 1.62. The Balaban J connectivity index is 1.53. The van der Waals surface area contributed by atoms with E-state index >= 15 is 0 Å². The van der Waals surface area contributed by atoms with Crippen molar-refractivity contribution in [1.82, 2.24) is 29.7 Å². The van der Waals surface area contributed by atoms with Crippen molar-refractivity contribution in [3.63, 3.8) is 0 Å². The summed E-state index contributed by atoms with van der Waals surface area (Å²) in [5.74, 6) is -5.02. The van der Waals surface area contributed by atoms with Gasteiger partial charge in [-0.15, -0.1) is 0 Å². The van der Waals surface area contributed by atoms with Crippen molar-refractivity contribution in [2.45, 2.75) is 19.4 Å². The number of rotatable bonds is 3. The molecule has 0 radical (unpaired) electrons. The van der Waals surface area contributed by atoms with Gasteiger partial charge in [0.15, 0.2) is 17.5 Å². The monoisotopic (exact) mass is 470 g/mol. The molecular formula is C23H18F4N6O. The first-order valence-corrected chi connectivity index (χ1v) is 10.4. The Hall–Kier alpha value is -4.02. The van der Waals surface area contributed by atoms with E-state index in [1.54, 1.807) is 18.9 Å². The van der Waals surface area contributed by atoms with Crippen LogP contribution in [0.1, 0.15) is 34.6 Å². The first-order chi connectivity index (χ1) is 16.3. The van der Waals surface area contributed by atoms with E-state index in [9.17, 15) is 22.4 Å². The third-order valence-electron chi connectivity index (χ3n) is 5.98. The molecule has 4 aromatic rings. The van der Waals surface area contributed by atoms with Gasteiger partial charge in [0, 0.05) is 30.8 Å². The molecule has 0 N–H and O–H groups in total. The van der Waals surface area contributed by atoms with Crippen LogP contribution < -0.4 is 0 Å². The van der Waals surface area contributed by atoms with Gasteiger partial charge in [0.1, 0.15) is 11.5 Å². The Labute approximate surface area is 191 Å². The van der Waals surface area contributed by atoms with Crippen molar-refractivity contribution < 1.29 is 22.4 Å². The summed E-state index contributed by atoms with van der Waals surface area (Å²) < 4.78 is 56.6. The Morgan fingerprint density at radius 2 is 1.71 bits per heavy atom. The highest BCUT2D eigenvalue weighted by atomic mass is 19.2. The number of halogens is 4. The lowest BCUT2D eigenvalue weighted by Gasteiger charge is -2.33. The lowest BCUT2D eigenvalue weighted by atomic mass is 9.94. The predicted octanol–water partition coefficient (Wildman–Crippen LogP) is 3.98. The highest BCUT2D eigenvalue weighted by Gasteiger charge is 2.34. The van der Waals surface area contributed by atoms with Gasteiger partial charge in [0.05, 0.1) is 35.4 Å². The fraction of sp³-hybridized carbons (Fsp3) is 0.217. The van der Waals surface area contributed by atoms with Crippen LogP contribution in [0, 0.1) is 23.3 Å². The Morgan fingerprint density at radius 3 is 2.38 bits per heavy atom. The molecule has 5 rings (SSSR count). The van der Waals surface area contributed by atoms with Gasteiger partial charge in [-0.3, -0.25) is 9.48 Å². The maximum atomic E-state index is 13.9. The van der Waals surface area contributed by atoms with Crippen molar-refractivity contribution in [1.29, 1.82) is 0 Å². The van der Waals surface area contributed by atoms with Crippen LogP contribution in [0.25, 0.3) is 16.9 Å². The van der Waals surface area contributed by atoms with Gasteiger partial charge >= 0.3 is 0 Å². The summed E-state index contributed by atoms with van der Waals surface area (Å²) in [4.78, 5) is 16.3. The quantitative estimate of drug-likeness (QED) is 0.336. The lowest BCUT2D eigenvalue weighted by Crippen LogP contribution is -2.39. The van der Waals surface area contributed by atoms with Crippen molar-refractivity contribution in [3.8, 4) is 16.9 Å². The molecule has 34 heavy (non-hydrogen) atoms. The number of aryl methyl sites for hydroxylation is 1. The number of fused-ring (bicyclic) bond motifs is 1. The maximum Gasteiger partial charge on any atom is 0.256 e. The van der Waals surface area contributed by atoms with Crippen LogP contribution in [-0.2, 0) is 13.5 Å². The van der Waals surface area contributed by atoms with Gasteiger partial charge in [-0.1, -0.05) is 0 Å². The van der Waals surface area contributed by atoms with Gasteiger partial charge in [-0.2, -0.15) is 20.1 Å². The first-order valence-electron chi connectivity index (χ1n) is 10.4. The maximum absolute atomic E-state index is 13.9. The molecule has 2 aromatic carbocycles. The fourth-order valence-corrected chi connectivity index (χ4v) is 4.42.